The Morgan fingerprint density at radius 3 is 2.96 bits per heavy atom. The highest BCUT2D eigenvalue weighted by Crippen LogP contribution is 2.14. The van der Waals surface area contributed by atoms with Gasteiger partial charge in [0, 0.05) is 38.6 Å². The maximum Gasteiger partial charge on any atom is 0.293 e. The molecule has 0 bridgehead atoms. The summed E-state index contributed by atoms with van der Waals surface area (Å²) in [5.41, 5.74) is 0. The largest absolute Gasteiger partial charge is 0.375 e. The van der Waals surface area contributed by atoms with Gasteiger partial charge in [0.05, 0.1) is 6.10 Å². The number of carbonyl (C=O) groups excluding carboxylic acids is 1. The van der Waals surface area contributed by atoms with E-state index < -0.39 is 0 Å². The first kappa shape index (κ1) is 15.5. The number of likely N-dealkylation sites (tertiary alicyclic amines) is 1. The second-order valence-electron chi connectivity index (χ2n) is 6.40. The molecule has 24 heavy (non-hydrogen) atoms. The summed E-state index contributed by atoms with van der Waals surface area (Å²) in [4.78, 5) is 25.4. The molecule has 1 amide bonds. The van der Waals surface area contributed by atoms with Crippen molar-refractivity contribution in [2.45, 2.75) is 25.4 Å². The summed E-state index contributed by atoms with van der Waals surface area (Å²) >= 11 is 0. The summed E-state index contributed by atoms with van der Waals surface area (Å²) in [5, 5.41) is 4.25. The lowest BCUT2D eigenvalue weighted by Crippen LogP contribution is -2.42. The first-order chi connectivity index (χ1) is 11.8. The van der Waals surface area contributed by atoms with E-state index in [0.29, 0.717) is 25.5 Å². The Balaban J connectivity index is 1.47. The molecule has 2 aliphatic heterocycles. The lowest BCUT2D eigenvalue weighted by atomic mass is 10.3. The topological polar surface area (TPSA) is 75.9 Å². The summed E-state index contributed by atoms with van der Waals surface area (Å²) in [6.45, 7) is 5.13. The van der Waals surface area contributed by atoms with Gasteiger partial charge in [0.25, 0.3) is 11.7 Å². The molecule has 2 saturated heterocycles. The van der Waals surface area contributed by atoms with Crippen LogP contribution in [0.25, 0.3) is 5.78 Å². The molecule has 0 aliphatic carbocycles. The second-order valence-corrected chi connectivity index (χ2v) is 6.40. The summed E-state index contributed by atoms with van der Waals surface area (Å²) in [5.74, 6) is 0.508. The van der Waals surface area contributed by atoms with Crippen molar-refractivity contribution in [1.29, 1.82) is 0 Å². The van der Waals surface area contributed by atoms with Crippen molar-refractivity contribution in [3.05, 3.63) is 24.3 Å². The van der Waals surface area contributed by atoms with Gasteiger partial charge < -0.3 is 14.5 Å². The number of aromatic nitrogens is 4. The zero-order valence-electron chi connectivity index (χ0n) is 13.7. The number of amides is 1. The first-order valence-corrected chi connectivity index (χ1v) is 8.60. The number of rotatable bonds is 3. The van der Waals surface area contributed by atoms with Crippen LogP contribution in [0.1, 0.15) is 29.9 Å². The fraction of sp³-hybridized carbons (Fsp3) is 0.625. The number of hydrogen-bond donors (Lipinski definition) is 0. The molecule has 0 N–H and O–H groups in total. The second kappa shape index (κ2) is 6.82. The van der Waals surface area contributed by atoms with Gasteiger partial charge in [-0.15, -0.1) is 5.10 Å². The Bertz CT molecular complexity index is 678. The smallest absolute Gasteiger partial charge is 0.293 e. The van der Waals surface area contributed by atoms with E-state index in [9.17, 15) is 4.79 Å². The molecule has 0 saturated carbocycles. The summed E-state index contributed by atoms with van der Waals surface area (Å²) in [6.07, 6.45) is 6.80. The minimum absolute atomic E-state index is 0.0599. The molecule has 2 fully saturated rings. The maximum absolute atomic E-state index is 12.8. The summed E-state index contributed by atoms with van der Waals surface area (Å²) < 4.78 is 7.48. The normalized spacial score (nSPS) is 22.8. The molecular formula is C16H22N6O2. The highest BCUT2D eigenvalue weighted by molar-refractivity contribution is 5.90. The van der Waals surface area contributed by atoms with Crippen LogP contribution >= 0.6 is 0 Å². The summed E-state index contributed by atoms with van der Waals surface area (Å²) in [7, 11) is 0. The first-order valence-electron chi connectivity index (χ1n) is 8.60. The van der Waals surface area contributed by atoms with E-state index in [-0.39, 0.29) is 17.8 Å². The minimum atomic E-state index is -0.141. The molecule has 8 nitrogen and oxygen atoms in total. The number of carbonyl (C=O) groups is 1. The highest BCUT2D eigenvalue weighted by atomic mass is 16.5. The molecule has 1 unspecified atom stereocenters. The van der Waals surface area contributed by atoms with Gasteiger partial charge in [-0.1, -0.05) is 0 Å². The van der Waals surface area contributed by atoms with Gasteiger partial charge in [-0.2, -0.15) is 4.98 Å². The molecule has 1 atom stereocenters. The van der Waals surface area contributed by atoms with Crippen LogP contribution in [0.3, 0.4) is 0 Å². The molecule has 2 aromatic rings. The molecule has 4 rings (SSSR count). The van der Waals surface area contributed by atoms with Crippen LogP contribution in [0.4, 0.5) is 0 Å². The van der Waals surface area contributed by atoms with Crippen LogP contribution < -0.4 is 0 Å². The van der Waals surface area contributed by atoms with Gasteiger partial charge in [-0.25, -0.2) is 9.50 Å². The molecule has 4 heterocycles. The average molecular weight is 330 g/mol. The van der Waals surface area contributed by atoms with Crippen molar-refractivity contribution in [3.63, 3.8) is 0 Å². The van der Waals surface area contributed by atoms with Crippen LogP contribution in [-0.4, -0.2) is 80.7 Å². The van der Waals surface area contributed by atoms with Crippen LogP contribution in [0.5, 0.6) is 0 Å². The standard InChI is InChI=1S/C16H22N6O2/c23-15(14-18-16-17-5-3-9-22(16)19-14)21-8-4-10-24-13(12-21)11-20-6-1-2-7-20/h3,5,9,13H,1-2,4,6-8,10-12H2. The lowest BCUT2D eigenvalue weighted by Gasteiger charge is -2.26. The van der Waals surface area contributed by atoms with Gasteiger partial charge in [0.2, 0.25) is 5.82 Å². The molecule has 0 spiro atoms. The monoisotopic (exact) mass is 330 g/mol. The van der Waals surface area contributed by atoms with Gasteiger partial charge >= 0.3 is 0 Å². The predicted molar refractivity (Wildman–Crippen MR) is 86.7 cm³/mol. The minimum Gasteiger partial charge on any atom is -0.375 e. The third-order valence-electron chi connectivity index (χ3n) is 4.61. The van der Waals surface area contributed by atoms with Gasteiger partial charge in [-0.3, -0.25) is 4.79 Å². The predicted octanol–water partition coefficient (Wildman–Crippen LogP) is 0.451. The molecule has 0 aromatic carbocycles. The molecule has 128 valence electrons. The highest BCUT2D eigenvalue weighted by Gasteiger charge is 2.28. The fourth-order valence-corrected chi connectivity index (χ4v) is 3.41. The van der Waals surface area contributed by atoms with Crippen molar-refractivity contribution >= 4 is 11.7 Å². The maximum atomic E-state index is 12.8. The van der Waals surface area contributed by atoms with Crippen molar-refractivity contribution in [2.24, 2.45) is 0 Å². The third kappa shape index (κ3) is 3.25. The van der Waals surface area contributed by atoms with Crippen LogP contribution in [-0.2, 0) is 4.74 Å². The van der Waals surface area contributed by atoms with Crippen molar-refractivity contribution < 1.29 is 9.53 Å². The third-order valence-corrected chi connectivity index (χ3v) is 4.61. The van der Waals surface area contributed by atoms with Crippen LogP contribution in [0, 0.1) is 0 Å². The van der Waals surface area contributed by atoms with Crippen molar-refractivity contribution in [1.82, 2.24) is 29.4 Å². The van der Waals surface area contributed by atoms with E-state index >= 15 is 0 Å². The Labute approximate surface area is 140 Å². The molecule has 8 heteroatoms. The SMILES string of the molecule is O=C(c1nc2ncccn2n1)N1CCCOC(CN2CCCC2)C1. The number of fused-ring (bicyclic) bond motifs is 1. The molecule has 2 aliphatic rings. The van der Waals surface area contributed by atoms with Gasteiger partial charge in [0.15, 0.2) is 0 Å². The van der Waals surface area contributed by atoms with E-state index in [0.717, 1.165) is 26.1 Å². The van der Waals surface area contributed by atoms with E-state index in [1.54, 1.807) is 18.5 Å². The quantitative estimate of drug-likeness (QED) is 0.813. The number of nitrogens with zero attached hydrogens (tertiary/aromatic N) is 6. The van der Waals surface area contributed by atoms with Crippen molar-refractivity contribution in [3.8, 4) is 0 Å². The Morgan fingerprint density at radius 1 is 1.25 bits per heavy atom. The lowest BCUT2D eigenvalue weighted by molar-refractivity contribution is 0.0295. The van der Waals surface area contributed by atoms with E-state index in [4.69, 9.17) is 4.74 Å². The number of ether oxygens (including phenoxy) is 1. The Morgan fingerprint density at radius 2 is 2.12 bits per heavy atom. The van der Waals surface area contributed by atoms with Crippen LogP contribution in [0.15, 0.2) is 18.5 Å². The van der Waals surface area contributed by atoms with E-state index in [1.165, 1.54) is 17.4 Å². The zero-order valence-corrected chi connectivity index (χ0v) is 13.7. The number of hydrogen-bond acceptors (Lipinski definition) is 6. The molecule has 0 radical (unpaired) electrons. The molecular weight excluding hydrogens is 308 g/mol. The van der Waals surface area contributed by atoms with Gasteiger partial charge in [-0.05, 0) is 38.4 Å². The Hall–Kier alpha value is -2.06. The van der Waals surface area contributed by atoms with Crippen LogP contribution in [0.2, 0.25) is 0 Å². The molecule has 2 aromatic heterocycles. The summed E-state index contributed by atoms with van der Waals surface area (Å²) in [6, 6.07) is 1.77. The van der Waals surface area contributed by atoms with E-state index in [2.05, 4.69) is 20.0 Å². The Kier molecular flexibility index (Phi) is 4.40. The van der Waals surface area contributed by atoms with Gasteiger partial charge in [0.1, 0.15) is 0 Å². The zero-order chi connectivity index (χ0) is 16.4. The van der Waals surface area contributed by atoms with Crippen molar-refractivity contribution in [2.75, 3.05) is 39.3 Å². The fourth-order valence-electron chi connectivity index (χ4n) is 3.41. The van der Waals surface area contributed by atoms with E-state index in [1.807, 2.05) is 4.90 Å². The average Bonchev–Trinajstić information content (AvgIpc) is 3.20.